The minimum atomic E-state index is -1.78. The number of benzene rings is 2. The lowest BCUT2D eigenvalue weighted by molar-refractivity contribution is 0.00229. The Labute approximate surface area is 244 Å². The Kier molecular flexibility index (Phi) is 9.59. The quantitative estimate of drug-likeness (QED) is 0.238. The van der Waals surface area contributed by atoms with Gasteiger partial charge in [-0.2, -0.15) is 4.98 Å². The van der Waals surface area contributed by atoms with Crippen LogP contribution in [-0.2, 0) is 5.60 Å². The Morgan fingerprint density at radius 2 is 1.50 bits per heavy atom. The molecular formula is C32H35F2N3O5. The predicted octanol–water partition coefficient (Wildman–Crippen LogP) is 5.43. The first kappa shape index (κ1) is 30.7. The summed E-state index contributed by atoms with van der Waals surface area (Å²) in [7, 11) is 9.52. The fourth-order valence-electron chi connectivity index (χ4n) is 5.03. The van der Waals surface area contributed by atoms with Gasteiger partial charge in [0.1, 0.15) is 11.4 Å². The molecule has 4 aromatic rings. The molecule has 0 saturated carbocycles. The van der Waals surface area contributed by atoms with E-state index < -0.39 is 17.3 Å². The van der Waals surface area contributed by atoms with E-state index in [1.54, 1.807) is 48.7 Å². The molecule has 0 radical (unpaired) electrons. The van der Waals surface area contributed by atoms with Crippen molar-refractivity contribution in [2.75, 3.05) is 49.1 Å². The van der Waals surface area contributed by atoms with Gasteiger partial charge < -0.3 is 29.0 Å². The Balaban J connectivity index is 2.09. The van der Waals surface area contributed by atoms with E-state index in [-0.39, 0.29) is 41.2 Å². The summed E-state index contributed by atoms with van der Waals surface area (Å²) in [6.45, 7) is 0.430. The first-order valence-corrected chi connectivity index (χ1v) is 13.2. The third-order valence-corrected chi connectivity index (χ3v) is 7.20. The molecule has 0 saturated heterocycles. The van der Waals surface area contributed by atoms with Crippen LogP contribution in [0.4, 0.5) is 8.78 Å². The minimum absolute atomic E-state index is 0.0129. The summed E-state index contributed by atoms with van der Waals surface area (Å²) in [4.78, 5) is 10.7. The molecule has 2 aromatic carbocycles. The van der Waals surface area contributed by atoms with Gasteiger partial charge in [-0.25, -0.2) is 13.8 Å². The van der Waals surface area contributed by atoms with Crippen LogP contribution < -0.4 is 18.9 Å². The highest BCUT2D eigenvalue weighted by atomic mass is 19.1. The Hall–Kier alpha value is -4.28. The van der Waals surface area contributed by atoms with Crippen molar-refractivity contribution in [2.45, 2.75) is 17.9 Å². The number of aliphatic hydroxyl groups is 1. The van der Waals surface area contributed by atoms with E-state index in [0.717, 1.165) is 0 Å². The van der Waals surface area contributed by atoms with Crippen LogP contribution in [0.25, 0.3) is 11.1 Å². The monoisotopic (exact) mass is 579 g/mol. The van der Waals surface area contributed by atoms with E-state index in [2.05, 4.69) is 9.97 Å². The first-order valence-electron chi connectivity index (χ1n) is 13.2. The van der Waals surface area contributed by atoms with Crippen molar-refractivity contribution in [3.8, 4) is 34.5 Å². The van der Waals surface area contributed by atoms with Crippen molar-refractivity contribution in [1.29, 1.82) is 0 Å². The van der Waals surface area contributed by atoms with Gasteiger partial charge in [0.2, 0.25) is 17.6 Å². The summed E-state index contributed by atoms with van der Waals surface area (Å²) < 4.78 is 51.8. The van der Waals surface area contributed by atoms with Crippen LogP contribution >= 0.6 is 0 Å². The molecule has 1 N–H and O–H groups in total. The predicted molar refractivity (Wildman–Crippen MR) is 155 cm³/mol. The normalized spacial score (nSPS) is 13.4. The van der Waals surface area contributed by atoms with Crippen molar-refractivity contribution in [2.24, 2.45) is 0 Å². The van der Waals surface area contributed by atoms with Crippen LogP contribution in [0.15, 0.2) is 66.9 Å². The van der Waals surface area contributed by atoms with E-state index in [1.807, 2.05) is 19.0 Å². The summed E-state index contributed by atoms with van der Waals surface area (Å²) in [6, 6.07) is 15.7. The Bertz CT molecular complexity index is 1490. The molecule has 222 valence electrons. The maximum absolute atomic E-state index is 16.2. The maximum atomic E-state index is 16.2. The van der Waals surface area contributed by atoms with Gasteiger partial charge in [-0.1, -0.05) is 24.3 Å². The van der Waals surface area contributed by atoms with Crippen LogP contribution in [0.3, 0.4) is 0 Å². The molecule has 4 rings (SSSR count). The lowest BCUT2D eigenvalue weighted by Gasteiger charge is -2.39. The number of hydrogen-bond acceptors (Lipinski definition) is 8. The average molecular weight is 580 g/mol. The van der Waals surface area contributed by atoms with Gasteiger partial charge in [0.15, 0.2) is 11.6 Å². The summed E-state index contributed by atoms with van der Waals surface area (Å²) >= 11 is 0. The number of rotatable bonds is 12. The summed E-state index contributed by atoms with van der Waals surface area (Å²) in [5.74, 6) is -1.48. The fraction of sp³-hybridized carbons (Fsp3) is 0.312. The molecule has 10 heteroatoms. The highest BCUT2D eigenvalue weighted by Crippen LogP contribution is 2.49. The standard InChI is InChI=1S/C32H35F2N3O5/c1-37(2)15-14-32(38,22-17-27(40-4)36-28(18-22)41-5)29(24-8-7-9-26(39-3)30(24)34)25-16-21(19-35-31(25)42-6)20-10-12-23(33)13-11-20/h7-13,16-19,29,38H,14-15H2,1-6H3. The lowest BCUT2D eigenvalue weighted by atomic mass is 9.71. The molecular weight excluding hydrogens is 544 g/mol. The molecule has 0 aliphatic carbocycles. The molecule has 2 aromatic heterocycles. The highest BCUT2D eigenvalue weighted by Gasteiger charge is 2.44. The van der Waals surface area contributed by atoms with Crippen LogP contribution in [0.1, 0.15) is 29.0 Å². The van der Waals surface area contributed by atoms with E-state index in [4.69, 9.17) is 18.9 Å². The second kappa shape index (κ2) is 13.1. The summed E-state index contributed by atoms with van der Waals surface area (Å²) in [6.07, 6.45) is 1.74. The molecule has 42 heavy (non-hydrogen) atoms. The van der Waals surface area contributed by atoms with E-state index in [1.165, 1.54) is 46.6 Å². The molecule has 0 fully saturated rings. The van der Waals surface area contributed by atoms with Crippen LogP contribution in [0, 0.1) is 11.6 Å². The van der Waals surface area contributed by atoms with E-state index in [0.29, 0.717) is 28.8 Å². The van der Waals surface area contributed by atoms with Gasteiger partial charge in [-0.15, -0.1) is 0 Å². The molecule has 0 aliphatic heterocycles. The van der Waals surface area contributed by atoms with Crippen molar-refractivity contribution in [1.82, 2.24) is 14.9 Å². The number of aromatic nitrogens is 2. The van der Waals surface area contributed by atoms with Gasteiger partial charge in [0.25, 0.3) is 0 Å². The van der Waals surface area contributed by atoms with E-state index >= 15 is 4.39 Å². The van der Waals surface area contributed by atoms with Gasteiger partial charge in [0, 0.05) is 41.6 Å². The van der Waals surface area contributed by atoms with E-state index in [9.17, 15) is 9.50 Å². The molecule has 0 amide bonds. The van der Waals surface area contributed by atoms with Crippen molar-refractivity contribution in [3.05, 3.63) is 95.2 Å². The number of methoxy groups -OCH3 is 4. The van der Waals surface area contributed by atoms with Gasteiger partial charge in [-0.3, -0.25) is 0 Å². The molecule has 2 unspecified atom stereocenters. The number of hydrogen-bond donors (Lipinski definition) is 1. The highest BCUT2D eigenvalue weighted by molar-refractivity contribution is 5.65. The smallest absolute Gasteiger partial charge is 0.217 e. The molecule has 0 spiro atoms. The van der Waals surface area contributed by atoms with Crippen molar-refractivity contribution < 1.29 is 32.8 Å². The topological polar surface area (TPSA) is 86.2 Å². The van der Waals surface area contributed by atoms with Crippen molar-refractivity contribution >= 4 is 0 Å². The lowest BCUT2D eigenvalue weighted by Crippen LogP contribution is -2.38. The second-order valence-electron chi connectivity index (χ2n) is 10.0. The SMILES string of the molecule is COc1cc(C(O)(CCN(C)C)C(c2cc(-c3ccc(F)cc3)cnc2OC)c2cccc(OC)c2F)cc(OC)n1. The number of nitrogens with zero attached hydrogens (tertiary/aromatic N) is 3. The number of pyridine rings is 2. The summed E-state index contributed by atoms with van der Waals surface area (Å²) in [5.41, 5.74) is 0.469. The molecule has 2 heterocycles. The maximum Gasteiger partial charge on any atom is 0.217 e. The van der Waals surface area contributed by atoms with Crippen LogP contribution in [0.5, 0.6) is 23.4 Å². The molecule has 2 atom stereocenters. The molecule has 8 nitrogen and oxygen atoms in total. The van der Waals surface area contributed by atoms with Crippen molar-refractivity contribution in [3.63, 3.8) is 0 Å². The average Bonchev–Trinajstić information content (AvgIpc) is 3.01. The van der Waals surface area contributed by atoms with Crippen LogP contribution in [0.2, 0.25) is 0 Å². The van der Waals surface area contributed by atoms with Crippen LogP contribution in [-0.4, -0.2) is 69.1 Å². The summed E-state index contributed by atoms with van der Waals surface area (Å²) in [5, 5.41) is 12.9. The third-order valence-electron chi connectivity index (χ3n) is 7.20. The first-order chi connectivity index (χ1) is 20.1. The van der Waals surface area contributed by atoms with Gasteiger partial charge in [-0.05, 0) is 55.9 Å². The number of ether oxygens (including phenoxy) is 4. The zero-order valence-corrected chi connectivity index (χ0v) is 24.5. The van der Waals surface area contributed by atoms with Gasteiger partial charge >= 0.3 is 0 Å². The molecule has 0 bridgehead atoms. The largest absolute Gasteiger partial charge is 0.494 e. The Morgan fingerprint density at radius 1 is 0.833 bits per heavy atom. The molecule has 0 aliphatic rings. The fourth-order valence-corrected chi connectivity index (χ4v) is 5.03. The van der Waals surface area contributed by atoms with Gasteiger partial charge in [0.05, 0.1) is 34.4 Å². The number of halogens is 2. The third kappa shape index (κ3) is 6.29. The zero-order valence-electron chi connectivity index (χ0n) is 24.5. The minimum Gasteiger partial charge on any atom is -0.494 e. The Morgan fingerprint density at radius 3 is 2.07 bits per heavy atom. The second-order valence-corrected chi connectivity index (χ2v) is 10.0. The zero-order chi connectivity index (χ0) is 30.4.